The van der Waals surface area contributed by atoms with Gasteiger partial charge in [0.15, 0.2) is 5.96 Å². The molecule has 0 spiro atoms. The smallest absolute Gasteiger partial charge is 0.326 e. The molecule has 4 unspecified atom stereocenters. The molecule has 15 heteroatoms. The van der Waals surface area contributed by atoms with Crippen molar-refractivity contribution in [1.82, 2.24) is 16.0 Å². The molecule has 0 heterocycles. The van der Waals surface area contributed by atoms with Crippen molar-refractivity contribution in [3.8, 4) is 0 Å². The van der Waals surface area contributed by atoms with Crippen molar-refractivity contribution in [2.75, 3.05) is 18.6 Å². The summed E-state index contributed by atoms with van der Waals surface area (Å²) in [6.07, 6.45) is 2.01. The second-order valence-corrected chi connectivity index (χ2v) is 9.97. The van der Waals surface area contributed by atoms with Crippen molar-refractivity contribution < 1.29 is 34.2 Å². The van der Waals surface area contributed by atoms with Crippen LogP contribution in [-0.4, -0.2) is 88.6 Å². The SMILES string of the molecule is CSCCC(NC(=O)C(N)CCCN=C(N)N)C(=O)NC(Cc1ccccc1)C(=O)NC(CCC(=O)O)C(=O)O. The zero-order valence-corrected chi connectivity index (χ0v) is 23.2. The van der Waals surface area contributed by atoms with E-state index in [-0.39, 0.29) is 31.6 Å². The molecule has 1 aromatic carbocycles. The molecular weight excluding hydrogens is 542 g/mol. The molecule has 0 aliphatic heterocycles. The van der Waals surface area contributed by atoms with Gasteiger partial charge in [-0.3, -0.25) is 24.2 Å². The second kappa shape index (κ2) is 18.4. The van der Waals surface area contributed by atoms with E-state index in [1.165, 1.54) is 11.8 Å². The number of benzene rings is 1. The molecule has 3 amide bonds. The van der Waals surface area contributed by atoms with E-state index in [2.05, 4.69) is 20.9 Å². The molecule has 14 nitrogen and oxygen atoms in total. The second-order valence-electron chi connectivity index (χ2n) is 8.98. The van der Waals surface area contributed by atoms with Gasteiger partial charge in [-0.15, -0.1) is 0 Å². The van der Waals surface area contributed by atoms with Crippen molar-refractivity contribution in [1.29, 1.82) is 0 Å². The van der Waals surface area contributed by atoms with Crippen LogP contribution in [0.2, 0.25) is 0 Å². The van der Waals surface area contributed by atoms with E-state index in [4.69, 9.17) is 22.3 Å². The number of rotatable bonds is 19. The molecule has 1 rings (SSSR count). The minimum Gasteiger partial charge on any atom is -0.481 e. The summed E-state index contributed by atoms with van der Waals surface area (Å²) in [4.78, 5) is 65.5. The summed E-state index contributed by atoms with van der Waals surface area (Å²) in [5.41, 5.74) is 17.2. The maximum absolute atomic E-state index is 13.3. The van der Waals surface area contributed by atoms with Gasteiger partial charge in [0.1, 0.15) is 18.1 Å². The van der Waals surface area contributed by atoms with Gasteiger partial charge < -0.3 is 43.4 Å². The first-order chi connectivity index (χ1) is 18.9. The molecule has 0 aromatic heterocycles. The van der Waals surface area contributed by atoms with E-state index in [9.17, 15) is 29.1 Å². The van der Waals surface area contributed by atoms with Crippen LogP contribution in [0.15, 0.2) is 35.3 Å². The highest BCUT2D eigenvalue weighted by atomic mass is 32.2. The molecule has 11 N–H and O–H groups in total. The van der Waals surface area contributed by atoms with Crippen molar-refractivity contribution in [2.45, 2.75) is 62.7 Å². The number of nitrogens with one attached hydrogen (secondary N) is 3. The lowest BCUT2D eigenvalue weighted by molar-refractivity contribution is -0.143. The average molecular weight is 582 g/mol. The highest BCUT2D eigenvalue weighted by molar-refractivity contribution is 7.98. The van der Waals surface area contributed by atoms with Gasteiger partial charge >= 0.3 is 11.9 Å². The van der Waals surface area contributed by atoms with Gasteiger partial charge in [-0.1, -0.05) is 30.3 Å². The predicted octanol–water partition coefficient (Wildman–Crippen LogP) is -1.23. The zero-order chi connectivity index (χ0) is 30.1. The highest BCUT2D eigenvalue weighted by Gasteiger charge is 2.30. The van der Waals surface area contributed by atoms with Crippen LogP contribution in [0.1, 0.15) is 37.7 Å². The van der Waals surface area contributed by atoms with Crippen molar-refractivity contribution in [2.24, 2.45) is 22.2 Å². The number of nitrogens with two attached hydrogens (primary N) is 3. The number of aliphatic imine (C=N–C) groups is 1. The Morgan fingerprint density at radius 1 is 0.875 bits per heavy atom. The maximum atomic E-state index is 13.3. The Bertz CT molecular complexity index is 1020. The predicted molar refractivity (Wildman–Crippen MR) is 151 cm³/mol. The first kappa shape index (κ1) is 34.2. The summed E-state index contributed by atoms with van der Waals surface area (Å²) < 4.78 is 0. The quantitative estimate of drug-likeness (QED) is 0.0545. The summed E-state index contributed by atoms with van der Waals surface area (Å²) in [6.45, 7) is 0.291. The number of guanidine groups is 1. The summed E-state index contributed by atoms with van der Waals surface area (Å²) in [7, 11) is 0. The molecule has 0 aliphatic rings. The Balaban J connectivity index is 3.03. The van der Waals surface area contributed by atoms with E-state index in [1.807, 2.05) is 6.26 Å². The molecule has 0 fully saturated rings. The van der Waals surface area contributed by atoms with E-state index in [1.54, 1.807) is 30.3 Å². The zero-order valence-electron chi connectivity index (χ0n) is 22.4. The highest BCUT2D eigenvalue weighted by Crippen LogP contribution is 2.08. The van der Waals surface area contributed by atoms with Crippen molar-refractivity contribution in [3.63, 3.8) is 0 Å². The van der Waals surface area contributed by atoms with Crippen LogP contribution in [-0.2, 0) is 30.4 Å². The van der Waals surface area contributed by atoms with E-state index >= 15 is 0 Å². The molecule has 0 bridgehead atoms. The fraction of sp³-hybridized carbons (Fsp3) is 0.520. The summed E-state index contributed by atoms with van der Waals surface area (Å²) in [5, 5.41) is 25.9. The van der Waals surface area contributed by atoms with Crippen LogP contribution in [0.5, 0.6) is 0 Å². The van der Waals surface area contributed by atoms with Gasteiger partial charge in [0, 0.05) is 19.4 Å². The molecule has 0 saturated carbocycles. The van der Waals surface area contributed by atoms with Crippen molar-refractivity contribution >= 4 is 47.4 Å². The van der Waals surface area contributed by atoms with Crippen molar-refractivity contribution in [3.05, 3.63) is 35.9 Å². The third kappa shape index (κ3) is 13.8. The lowest BCUT2D eigenvalue weighted by Gasteiger charge is -2.25. The van der Waals surface area contributed by atoms with E-state index < -0.39 is 60.2 Å². The molecule has 0 radical (unpaired) electrons. The first-order valence-corrected chi connectivity index (χ1v) is 14.0. The molecule has 4 atom stereocenters. The molecule has 1 aromatic rings. The standard InChI is InChI=1S/C25H39N7O7S/c1-40-13-11-17(30-21(35)16(26)8-5-12-29-25(27)28)22(36)32-19(14-15-6-3-2-4-7-15)23(37)31-18(24(38)39)9-10-20(33)34/h2-4,6-7,16-19H,5,8-14,26H2,1H3,(H,30,35)(H,31,37)(H,32,36)(H,33,34)(H,38,39)(H4,27,28,29). The van der Waals surface area contributed by atoms with Gasteiger partial charge in [-0.25, -0.2) is 4.79 Å². The fourth-order valence-corrected chi connectivity index (χ4v) is 4.03. The molecule has 0 aliphatic carbocycles. The number of carboxylic acid groups (broad SMARTS) is 2. The molecule has 40 heavy (non-hydrogen) atoms. The topological polar surface area (TPSA) is 252 Å². The molecular formula is C25H39N7O7S. The van der Waals surface area contributed by atoms with Crippen LogP contribution < -0.4 is 33.2 Å². The maximum Gasteiger partial charge on any atom is 0.326 e. The third-order valence-corrected chi connectivity index (χ3v) is 6.37. The van der Waals surface area contributed by atoms with Gasteiger partial charge in [-0.05, 0) is 43.3 Å². The van der Waals surface area contributed by atoms with Crippen LogP contribution in [0.4, 0.5) is 0 Å². The van der Waals surface area contributed by atoms with Gasteiger partial charge in [0.25, 0.3) is 0 Å². The lowest BCUT2D eigenvalue weighted by atomic mass is 10.0. The number of hydrogen-bond donors (Lipinski definition) is 8. The number of carboxylic acids is 2. The Morgan fingerprint density at radius 3 is 2.05 bits per heavy atom. The van der Waals surface area contributed by atoms with Gasteiger partial charge in [0.05, 0.1) is 6.04 Å². The normalized spacial score (nSPS) is 13.7. The summed E-state index contributed by atoms with van der Waals surface area (Å²) in [5.74, 6) is -4.18. The number of nitrogens with zero attached hydrogens (tertiary/aromatic N) is 1. The number of hydrogen-bond acceptors (Lipinski definition) is 8. The van der Waals surface area contributed by atoms with Crippen LogP contribution in [0.25, 0.3) is 0 Å². The largest absolute Gasteiger partial charge is 0.481 e. The van der Waals surface area contributed by atoms with E-state index in [0.29, 0.717) is 24.3 Å². The van der Waals surface area contributed by atoms with Crippen LogP contribution in [0, 0.1) is 0 Å². The molecule has 222 valence electrons. The summed E-state index contributed by atoms with van der Waals surface area (Å²) in [6, 6.07) is 4.12. The minimum absolute atomic E-state index is 0.0250. The Morgan fingerprint density at radius 2 is 1.48 bits per heavy atom. The van der Waals surface area contributed by atoms with Gasteiger partial charge in [-0.2, -0.15) is 11.8 Å². The van der Waals surface area contributed by atoms with E-state index in [0.717, 1.165) is 0 Å². The average Bonchev–Trinajstić information content (AvgIpc) is 2.90. The number of carbonyl (C=O) groups excluding carboxylic acids is 3. The Hall–Kier alpha value is -3.85. The number of aliphatic carboxylic acids is 2. The molecule has 0 saturated heterocycles. The minimum atomic E-state index is -1.47. The Labute approximate surface area is 236 Å². The number of carbonyl (C=O) groups is 5. The monoisotopic (exact) mass is 581 g/mol. The Kier molecular flexibility index (Phi) is 15.8. The fourth-order valence-electron chi connectivity index (χ4n) is 3.56. The first-order valence-electron chi connectivity index (χ1n) is 12.6. The van der Waals surface area contributed by atoms with Gasteiger partial charge in [0.2, 0.25) is 17.7 Å². The number of amides is 3. The summed E-state index contributed by atoms with van der Waals surface area (Å²) >= 11 is 1.46. The van der Waals surface area contributed by atoms with Crippen LogP contribution in [0.3, 0.4) is 0 Å². The van der Waals surface area contributed by atoms with Crippen LogP contribution >= 0.6 is 11.8 Å². The third-order valence-electron chi connectivity index (χ3n) is 5.73. The lowest BCUT2D eigenvalue weighted by Crippen LogP contribution is -2.57. The number of thioether (sulfide) groups is 1.